The number of nitrogens with one attached hydrogen (secondary N) is 1. The second-order valence-corrected chi connectivity index (χ2v) is 4.77. The van der Waals surface area contributed by atoms with Crippen LogP contribution in [0, 0.1) is 0 Å². The lowest BCUT2D eigenvalue weighted by Crippen LogP contribution is -2.36. The molecule has 5 heteroatoms. The van der Waals surface area contributed by atoms with E-state index in [4.69, 9.17) is 5.73 Å². The number of nitrogens with zero attached hydrogens (tertiary/aromatic N) is 2. The van der Waals surface area contributed by atoms with Crippen LogP contribution >= 0.6 is 0 Å². The van der Waals surface area contributed by atoms with Crippen LogP contribution in [-0.2, 0) is 11.3 Å². The molecule has 0 aliphatic rings. The number of hydrogen-bond donors (Lipinski definition) is 2. The standard InChI is InChI=1S/C16H20N4O/c17-8-10-20(12-14-5-4-9-18-11-14)13-16(21)19-15-6-2-1-3-7-15/h1-7,9,11H,8,10,12-13,17H2,(H,19,21). The minimum absolute atomic E-state index is 0.0430. The van der Waals surface area contributed by atoms with Gasteiger partial charge in [0.1, 0.15) is 0 Å². The fourth-order valence-electron chi connectivity index (χ4n) is 2.07. The summed E-state index contributed by atoms with van der Waals surface area (Å²) < 4.78 is 0. The van der Waals surface area contributed by atoms with Crippen LogP contribution in [0.4, 0.5) is 5.69 Å². The molecule has 1 amide bonds. The molecule has 5 nitrogen and oxygen atoms in total. The number of benzene rings is 1. The Morgan fingerprint density at radius 2 is 2.00 bits per heavy atom. The molecule has 0 fully saturated rings. The van der Waals surface area contributed by atoms with E-state index in [1.807, 2.05) is 47.4 Å². The van der Waals surface area contributed by atoms with Gasteiger partial charge in [-0.2, -0.15) is 0 Å². The first-order valence-electron chi connectivity index (χ1n) is 6.94. The van der Waals surface area contributed by atoms with Gasteiger partial charge in [0.15, 0.2) is 0 Å². The van der Waals surface area contributed by atoms with Crippen molar-refractivity contribution in [3.63, 3.8) is 0 Å². The lowest BCUT2D eigenvalue weighted by atomic mass is 10.2. The van der Waals surface area contributed by atoms with Crippen LogP contribution in [0.3, 0.4) is 0 Å². The van der Waals surface area contributed by atoms with Crippen molar-refractivity contribution in [2.75, 3.05) is 25.0 Å². The number of carbonyl (C=O) groups excluding carboxylic acids is 1. The van der Waals surface area contributed by atoms with Crippen molar-refractivity contribution >= 4 is 11.6 Å². The molecule has 1 aromatic carbocycles. The predicted octanol–water partition coefficient (Wildman–Crippen LogP) is 1.48. The Labute approximate surface area is 124 Å². The van der Waals surface area contributed by atoms with E-state index in [9.17, 15) is 4.79 Å². The summed E-state index contributed by atoms with van der Waals surface area (Å²) in [5.41, 5.74) is 7.49. The number of nitrogens with two attached hydrogens (primary N) is 1. The summed E-state index contributed by atoms with van der Waals surface area (Å²) >= 11 is 0. The Morgan fingerprint density at radius 3 is 2.67 bits per heavy atom. The van der Waals surface area contributed by atoms with Gasteiger partial charge in [0, 0.05) is 37.7 Å². The number of rotatable bonds is 7. The lowest BCUT2D eigenvalue weighted by Gasteiger charge is -2.20. The molecule has 21 heavy (non-hydrogen) atoms. The summed E-state index contributed by atoms with van der Waals surface area (Å²) in [7, 11) is 0. The molecule has 110 valence electrons. The number of aromatic nitrogens is 1. The zero-order valence-electron chi connectivity index (χ0n) is 11.9. The summed E-state index contributed by atoms with van der Waals surface area (Å²) in [6.45, 7) is 2.14. The molecule has 0 aliphatic carbocycles. The van der Waals surface area contributed by atoms with Crippen LogP contribution in [0.1, 0.15) is 5.56 Å². The summed E-state index contributed by atoms with van der Waals surface area (Å²) in [6.07, 6.45) is 3.54. The van der Waals surface area contributed by atoms with E-state index in [2.05, 4.69) is 10.3 Å². The van der Waals surface area contributed by atoms with Gasteiger partial charge in [0.25, 0.3) is 0 Å². The smallest absolute Gasteiger partial charge is 0.238 e. The second kappa shape index (κ2) is 8.14. The highest BCUT2D eigenvalue weighted by Crippen LogP contribution is 2.06. The molecule has 1 aromatic heterocycles. The summed E-state index contributed by atoms with van der Waals surface area (Å²) in [4.78, 5) is 18.2. The average Bonchev–Trinajstić information content (AvgIpc) is 2.49. The molecule has 0 aliphatic heterocycles. The van der Waals surface area contributed by atoms with Crippen molar-refractivity contribution in [2.24, 2.45) is 5.73 Å². The highest BCUT2D eigenvalue weighted by molar-refractivity contribution is 5.92. The molecule has 0 saturated carbocycles. The molecule has 0 unspecified atom stereocenters. The topological polar surface area (TPSA) is 71.2 Å². The maximum absolute atomic E-state index is 12.1. The quantitative estimate of drug-likeness (QED) is 0.808. The highest BCUT2D eigenvalue weighted by Gasteiger charge is 2.11. The van der Waals surface area contributed by atoms with Gasteiger partial charge < -0.3 is 11.1 Å². The van der Waals surface area contributed by atoms with Crippen LogP contribution in [0.15, 0.2) is 54.9 Å². The van der Waals surface area contributed by atoms with Crippen LogP contribution in [0.25, 0.3) is 0 Å². The molecule has 2 aromatic rings. The van der Waals surface area contributed by atoms with E-state index in [0.717, 1.165) is 11.3 Å². The Kier molecular flexibility index (Phi) is 5.87. The van der Waals surface area contributed by atoms with Gasteiger partial charge in [0.2, 0.25) is 5.91 Å². The van der Waals surface area contributed by atoms with E-state index >= 15 is 0 Å². The van der Waals surface area contributed by atoms with Gasteiger partial charge in [-0.3, -0.25) is 14.7 Å². The van der Waals surface area contributed by atoms with Crippen LogP contribution in [0.5, 0.6) is 0 Å². The third kappa shape index (κ3) is 5.33. The maximum Gasteiger partial charge on any atom is 0.238 e. The Balaban J connectivity index is 1.91. The van der Waals surface area contributed by atoms with Crippen LogP contribution in [-0.4, -0.2) is 35.4 Å². The molecule has 0 bridgehead atoms. The van der Waals surface area contributed by atoms with E-state index in [1.165, 1.54) is 0 Å². The Hall–Kier alpha value is -2.24. The van der Waals surface area contributed by atoms with Crippen molar-refractivity contribution in [3.05, 3.63) is 60.4 Å². The molecule has 0 spiro atoms. The minimum atomic E-state index is -0.0430. The summed E-state index contributed by atoms with van der Waals surface area (Å²) in [5.74, 6) is -0.0430. The minimum Gasteiger partial charge on any atom is -0.329 e. The Bertz CT molecular complexity index is 545. The summed E-state index contributed by atoms with van der Waals surface area (Å²) in [6, 6.07) is 13.3. The first kappa shape index (κ1) is 15.2. The number of carbonyl (C=O) groups is 1. The number of hydrogen-bond acceptors (Lipinski definition) is 4. The molecule has 2 rings (SSSR count). The van der Waals surface area contributed by atoms with Crippen molar-refractivity contribution in [3.8, 4) is 0 Å². The number of para-hydroxylation sites is 1. The van der Waals surface area contributed by atoms with E-state index in [0.29, 0.717) is 26.2 Å². The monoisotopic (exact) mass is 284 g/mol. The molecular formula is C16H20N4O. The first-order valence-corrected chi connectivity index (χ1v) is 6.94. The number of pyridine rings is 1. The van der Waals surface area contributed by atoms with Gasteiger partial charge in [-0.15, -0.1) is 0 Å². The van der Waals surface area contributed by atoms with Gasteiger partial charge >= 0.3 is 0 Å². The molecule has 3 N–H and O–H groups in total. The normalized spacial score (nSPS) is 10.6. The number of amides is 1. The van der Waals surface area contributed by atoms with E-state index < -0.39 is 0 Å². The Morgan fingerprint density at radius 1 is 1.19 bits per heavy atom. The highest BCUT2D eigenvalue weighted by atomic mass is 16.2. The van der Waals surface area contributed by atoms with E-state index in [-0.39, 0.29) is 5.91 Å². The average molecular weight is 284 g/mol. The maximum atomic E-state index is 12.1. The second-order valence-electron chi connectivity index (χ2n) is 4.77. The molecule has 0 saturated heterocycles. The predicted molar refractivity (Wildman–Crippen MR) is 83.6 cm³/mol. The third-order valence-corrected chi connectivity index (χ3v) is 3.00. The van der Waals surface area contributed by atoms with Gasteiger partial charge in [0.05, 0.1) is 6.54 Å². The first-order chi connectivity index (χ1) is 10.3. The van der Waals surface area contributed by atoms with Gasteiger partial charge in [-0.25, -0.2) is 0 Å². The van der Waals surface area contributed by atoms with Gasteiger partial charge in [-0.1, -0.05) is 24.3 Å². The molecule has 0 radical (unpaired) electrons. The SMILES string of the molecule is NCCN(CC(=O)Nc1ccccc1)Cc1cccnc1. The van der Waals surface area contributed by atoms with Gasteiger partial charge in [-0.05, 0) is 23.8 Å². The number of anilines is 1. The van der Waals surface area contributed by atoms with Crippen molar-refractivity contribution < 1.29 is 4.79 Å². The molecular weight excluding hydrogens is 264 g/mol. The largest absolute Gasteiger partial charge is 0.329 e. The third-order valence-electron chi connectivity index (χ3n) is 3.00. The van der Waals surface area contributed by atoms with Crippen LogP contribution in [0.2, 0.25) is 0 Å². The summed E-state index contributed by atoms with van der Waals surface area (Å²) in [5, 5.41) is 2.88. The fourth-order valence-corrected chi connectivity index (χ4v) is 2.07. The van der Waals surface area contributed by atoms with Crippen molar-refractivity contribution in [1.29, 1.82) is 0 Å². The zero-order valence-corrected chi connectivity index (χ0v) is 11.9. The molecule has 0 atom stereocenters. The van der Waals surface area contributed by atoms with Crippen molar-refractivity contribution in [1.82, 2.24) is 9.88 Å². The van der Waals surface area contributed by atoms with E-state index in [1.54, 1.807) is 12.4 Å². The fraction of sp³-hybridized carbons (Fsp3) is 0.250. The van der Waals surface area contributed by atoms with Crippen LogP contribution < -0.4 is 11.1 Å². The van der Waals surface area contributed by atoms with Crippen molar-refractivity contribution in [2.45, 2.75) is 6.54 Å². The molecule has 1 heterocycles. The zero-order chi connectivity index (χ0) is 14.9. The lowest BCUT2D eigenvalue weighted by molar-refractivity contribution is -0.117.